The SMILES string of the molecule is C=C(C)/C=C\C.CCC.CCC(C)C(C(CC(=O)N1CCCC1C(OC)C(C)C(=O)NCC(=O)NC(C)(C)C)OC)N(C)C(=O)CC(C)C.CN.NC=O. The van der Waals surface area contributed by atoms with Crippen LogP contribution in [0.2, 0.25) is 0 Å². The van der Waals surface area contributed by atoms with E-state index in [-0.39, 0.29) is 66.9 Å². The largest absolute Gasteiger partial charge is 0.379 e. The summed E-state index contributed by atoms with van der Waals surface area (Å²) in [5.41, 5.74) is 9.38. The highest BCUT2D eigenvalue weighted by molar-refractivity contribution is 5.86. The third kappa shape index (κ3) is 25.7. The molecule has 0 aromatic heterocycles. The highest BCUT2D eigenvalue weighted by Crippen LogP contribution is 2.29. The lowest BCUT2D eigenvalue weighted by molar-refractivity contribution is -0.146. The molecule has 0 aliphatic carbocycles. The Labute approximate surface area is 329 Å². The molecule has 6 N–H and O–H groups in total. The molecule has 1 rings (SSSR count). The van der Waals surface area contributed by atoms with Crippen molar-refractivity contribution in [2.24, 2.45) is 29.2 Å². The van der Waals surface area contributed by atoms with Crippen molar-refractivity contribution in [1.29, 1.82) is 0 Å². The second-order valence-electron chi connectivity index (χ2n) is 14.9. The lowest BCUT2D eigenvalue weighted by atomic mass is 9.90. The van der Waals surface area contributed by atoms with Crippen LogP contribution in [0.1, 0.15) is 122 Å². The van der Waals surface area contributed by atoms with Gasteiger partial charge in [0.2, 0.25) is 30.0 Å². The Hall–Kier alpha value is -3.29. The Bertz CT molecular complexity index is 1080. The van der Waals surface area contributed by atoms with Gasteiger partial charge in [-0.25, -0.2) is 0 Å². The fourth-order valence-electron chi connectivity index (χ4n) is 5.89. The summed E-state index contributed by atoms with van der Waals surface area (Å²) >= 11 is 0. The van der Waals surface area contributed by atoms with E-state index >= 15 is 0 Å². The number of nitrogens with zero attached hydrogens (tertiary/aromatic N) is 2. The van der Waals surface area contributed by atoms with Crippen LogP contribution >= 0.6 is 0 Å². The van der Waals surface area contributed by atoms with Crippen molar-refractivity contribution in [1.82, 2.24) is 20.4 Å². The van der Waals surface area contributed by atoms with Crippen LogP contribution < -0.4 is 22.1 Å². The van der Waals surface area contributed by atoms with E-state index in [1.54, 1.807) is 38.0 Å². The maximum atomic E-state index is 13.7. The van der Waals surface area contributed by atoms with E-state index in [9.17, 15) is 19.2 Å². The van der Waals surface area contributed by atoms with Crippen molar-refractivity contribution < 1.29 is 33.4 Å². The van der Waals surface area contributed by atoms with Gasteiger partial charge in [0.1, 0.15) is 0 Å². The van der Waals surface area contributed by atoms with E-state index in [4.69, 9.17) is 14.3 Å². The number of amides is 5. The van der Waals surface area contributed by atoms with E-state index in [2.05, 4.69) is 56.4 Å². The third-order valence-electron chi connectivity index (χ3n) is 8.28. The van der Waals surface area contributed by atoms with Gasteiger partial charge in [-0.3, -0.25) is 24.0 Å². The van der Waals surface area contributed by atoms with Gasteiger partial charge in [0, 0.05) is 39.8 Å². The second-order valence-corrected chi connectivity index (χ2v) is 14.9. The number of likely N-dealkylation sites (tertiary alicyclic amines) is 1. The van der Waals surface area contributed by atoms with E-state index in [0.29, 0.717) is 19.4 Å². The summed E-state index contributed by atoms with van der Waals surface area (Å²) in [6.07, 6.45) is 7.38. The monoisotopic (exact) mass is 771 g/mol. The number of likely N-dealkylation sites (N-methyl/N-ethyl adjacent to an activating group) is 1. The number of nitrogens with two attached hydrogens (primary N) is 2. The van der Waals surface area contributed by atoms with Gasteiger partial charge < -0.3 is 41.4 Å². The van der Waals surface area contributed by atoms with Gasteiger partial charge in [0.05, 0.1) is 43.2 Å². The molecule has 1 aliphatic rings. The van der Waals surface area contributed by atoms with Gasteiger partial charge in [-0.1, -0.05) is 85.6 Å². The van der Waals surface area contributed by atoms with Crippen molar-refractivity contribution in [3.8, 4) is 0 Å². The predicted molar refractivity (Wildman–Crippen MR) is 222 cm³/mol. The molecule has 0 saturated carbocycles. The Balaban J connectivity index is -0.000000765. The van der Waals surface area contributed by atoms with Crippen LogP contribution in [0.15, 0.2) is 24.3 Å². The molecular weight excluding hydrogens is 688 g/mol. The number of primary amides is 1. The van der Waals surface area contributed by atoms with Crippen molar-refractivity contribution in [3.05, 3.63) is 24.3 Å². The number of carbonyl (C=O) groups excluding carboxylic acids is 5. The zero-order chi connectivity index (χ0) is 43.2. The van der Waals surface area contributed by atoms with Crippen molar-refractivity contribution in [2.45, 2.75) is 151 Å². The zero-order valence-corrected chi connectivity index (χ0v) is 37.0. The first kappa shape index (κ1) is 57.4. The average Bonchev–Trinajstić information content (AvgIpc) is 3.57. The second kappa shape index (κ2) is 33.1. The van der Waals surface area contributed by atoms with Crippen LogP contribution in [0.3, 0.4) is 0 Å². The van der Waals surface area contributed by atoms with Crippen LogP contribution in [0, 0.1) is 17.8 Å². The van der Waals surface area contributed by atoms with Crippen molar-refractivity contribution in [2.75, 3.05) is 41.4 Å². The quantitative estimate of drug-likeness (QED) is 0.122. The summed E-state index contributed by atoms with van der Waals surface area (Å²) in [4.78, 5) is 63.9. The van der Waals surface area contributed by atoms with Crippen LogP contribution in [0.25, 0.3) is 0 Å². The summed E-state index contributed by atoms with van der Waals surface area (Å²) < 4.78 is 11.7. The van der Waals surface area contributed by atoms with E-state index in [0.717, 1.165) is 18.4 Å². The van der Waals surface area contributed by atoms with Crippen LogP contribution in [0.5, 0.6) is 0 Å². The lowest BCUT2D eigenvalue weighted by Gasteiger charge is -2.39. The Morgan fingerprint density at radius 2 is 1.54 bits per heavy atom. The minimum absolute atomic E-state index is 0.0457. The summed E-state index contributed by atoms with van der Waals surface area (Å²) in [5.74, 6) is -0.796. The molecule has 5 amide bonds. The van der Waals surface area contributed by atoms with Crippen LogP contribution in [-0.2, 0) is 33.4 Å². The molecule has 13 nitrogen and oxygen atoms in total. The first-order valence-corrected chi connectivity index (χ1v) is 19.4. The summed E-state index contributed by atoms with van der Waals surface area (Å²) in [6.45, 7) is 27.9. The number of rotatable bonds is 16. The first-order valence-electron chi connectivity index (χ1n) is 19.4. The molecule has 6 atom stereocenters. The molecule has 318 valence electrons. The molecule has 0 aromatic rings. The summed E-state index contributed by atoms with van der Waals surface area (Å²) in [7, 11) is 6.45. The molecule has 0 radical (unpaired) electrons. The first-order chi connectivity index (χ1) is 25.2. The third-order valence-corrected chi connectivity index (χ3v) is 8.28. The maximum Gasteiger partial charge on any atom is 0.239 e. The molecule has 1 aliphatic heterocycles. The van der Waals surface area contributed by atoms with Gasteiger partial charge in [-0.05, 0) is 66.3 Å². The molecule has 0 aromatic carbocycles. The van der Waals surface area contributed by atoms with Crippen LogP contribution in [-0.4, -0.2) is 111 Å². The Morgan fingerprint density at radius 1 is 1.02 bits per heavy atom. The maximum absolute atomic E-state index is 13.7. The molecule has 1 saturated heterocycles. The summed E-state index contributed by atoms with van der Waals surface area (Å²) in [5, 5.41) is 5.54. The van der Waals surface area contributed by atoms with E-state index in [1.165, 1.54) is 13.5 Å². The van der Waals surface area contributed by atoms with Crippen molar-refractivity contribution >= 4 is 30.0 Å². The van der Waals surface area contributed by atoms with Gasteiger partial charge in [0.15, 0.2) is 0 Å². The lowest BCUT2D eigenvalue weighted by Crippen LogP contribution is -2.53. The van der Waals surface area contributed by atoms with E-state index < -0.39 is 23.7 Å². The molecular formula is C41H82N6O7. The Morgan fingerprint density at radius 3 is 1.91 bits per heavy atom. The normalized spacial score (nSPS) is 16.2. The Kier molecular flexibility index (Phi) is 35.2. The molecule has 6 unspecified atom stereocenters. The molecule has 54 heavy (non-hydrogen) atoms. The number of ether oxygens (including phenoxy) is 2. The number of methoxy groups -OCH3 is 2. The minimum atomic E-state index is -0.572. The highest BCUT2D eigenvalue weighted by atomic mass is 16.5. The van der Waals surface area contributed by atoms with Gasteiger partial charge in [-0.15, -0.1) is 0 Å². The average molecular weight is 771 g/mol. The van der Waals surface area contributed by atoms with Gasteiger partial charge in [-0.2, -0.15) is 0 Å². The predicted octanol–water partition coefficient (Wildman–Crippen LogP) is 5.22. The molecule has 13 heteroatoms. The topological polar surface area (TPSA) is 186 Å². The molecule has 0 spiro atoms. The number of carbonyl (C=O) groups is 5. The van der Waals surface area contributed by atoms with Gasteiger partial charge >= 0.3 is 0 Å². The number of nitrogens with one attached hydrogen (secondary N) is 2. The van der Waals surface area contributed by atoms with Crippen LogP contribution in [0.4, 0.5) is 0 Å². The summed E-state index contributed by atoms with van der Waals surface area (Å²) in [6, 6.07) is -0.519. The smallest absolute Gasteiger partial charge is 0.239 e. The standard InChI is InChI=1S/C30H56N4O6.C6H10.C3H8.CH3NO.CH5N/c1-12-20(4)27(33(9)25(36)16-19(2)3)23(39-10)17-26(37)34-15-13-14-22(34)28(40-11)21(5)29(38)31-18-24(35)32-30(6,7)8;1-4-5-6(2)3;1-3-2;2-1-3;1-2/h19-23,27-28H,12-18H2,1-11H3,(H,31,38)(H,32,35);4-5H,2H2,1,3H3;3H2,1-2H3;1H,(H2,2,3);2H2,1H3/b;5-4-;;;. The van der Waals surface area contributed by atoms with Crippen molar-refractivity contribution in [3.63, 3.8) is 0 Å². The number of allylic oxidation sites excluding steroid dienone is 3. The fourth-order valence-corrected chi connectivity index (χ4v) is 5.89. The number of hydrogen-bond donors (Lipinski definition) is 4. The van der Waals surface area contributed by atoms with E-state index in [1.807, 2.05) is 60.6 Å². The molecule has 1 heterocycles. The fraction of sp³-hybridized carbons (Fsp3) is 0.780. The highest BCUT2D eigenvalue weighted by Gasteiger charge is 2.42. The number of hydrogen-bond acceptors (Lipinski definition) is 8. The zero-order valence-electron chi connectivity index (χ0n) is 37.0. The minimum Gasteiger partial charge on any atom is -0.379 e. The van der Waals surface area contributed by atoms with Gasteiger partial charge in [0.25, 0.3) is 0 Å². The molecule has 1 fully saturated rings. The molecule has 0 bridgehead atoms.